The molecule has 0 atom stereocenters. The Morgan fingerprint density at radius 3 is 2.08 bits per heavy atom. The smallest absolute Gasteiger partial charge is 0.414 e. The number of ether oxygens (including phenoxy) is 1. The number of halogens is 1. The molecule has 8 nitrogen and oxygen atoms in total. The minimum Gasteiger partial charge on any atom is -0.473 e. The number of nitrogens with one attached hydrogen (secondary N) is 1. The van der Waals surface area contributed by atoms with Crippen LogP contribution in [0.15, 0.2) is 78.9 Å². The molecule has 1 heterocycles. The predicted molar refractivity (Wildman–Crippen MR) is 137 cm³/mol. The Kier molecular flexibility index (Phi) is 9.85. The number of hydrogen-bond acceptors (Lipinski definition) is 5. The highest BCUT2D eigenvalue weighted by Gasteiger charge is 2.23. The number of para-hydroxylation sites is 1. The lowest BCUT2D eigenvalue weighted by Gasteiger charge is -2.31. The van der Waals surface area contributed by atoms with E-state index in [4.69, 9.17) is 36.1 Å². The summed E-state index contributed by atoms with van der Waals surface area (Å²) in [4.78, 5) is 33.1. The number of carbonyl (C=O) groups is 3. The van der Waals surface area contributed by atoms with Gasteiger partial charge in [0.15, 0.2) is 0 Å². The molecular formula is C27H27ClN2O6. The third kappa shape index (κ3) is 8.11. The van der Waals surface area contributed by atoms with Crippen molar-refractivity contribution < 1.29 is 29.3 Å². The molecule has 0 aliphatic carbocycles. The molecule has 0 aromatic heterocycles. The number of amides is 1. The lowest BCUT2D eigenvalue weighted by molar-refractivity contribution is -0.159. The van der Waals surface area contributed by atoms with Gasteiger partial charge in [-0.05, 0) is 36.1 Å². The molecule has 3 aromatic carbocycles. The lowest BCUT2D eigenvalue weighted by atomic mass is 10.0. The fraction of sp³-hybridized carbons (Fsp3) is 0.222. The molecular weight excluding hydrogens is 484 g/mol. The molecule has 188 valence electrons. The van der Waals surface area contributed by atoms with Gasteiger partial charge in [-0.3, -0.25) is 10.2 Å². The van der Waals surface area contributed by atoms with Gasteiger partial charge in [-0.1, -0.05) is 78.3 Å². The third-order valence-corrected chi connectivity index (χ3v) is 5.96. The van der Waals surface area contributed by atoms with Crippen molar-refractivity contribution >= 4 is 35.3 Å². The van der Waals surface area contributed by atoms with E-state index in [0.29, 0.717) is 0 Å². The minimum atomic E-state index is -1.82. The van der Waals surface area contributed by atoms with Crippen molar-refractivity contribution in [2.45, 2.75) is 25.5 Å². The molecule has 0 spiro atoms. The molecule has 0 radical (unpaired) electrons. The number of rotatable bonds is 5. The molecule has 1 aliphatic rings. The Hall–Kier alpha value is -3.88. The second-order valence-electron chi connectivity index (χ2n) is 8.12. The van der Waals surface area contributed by atoms with Crippen LogP contribution >= 0.6 is 11.6 Å². The van der Waals surface area contributed by atoms with Gasteiger partial charge < -0.3 is 14.9 Å². The van der Waals surface area contributed by atoms with Crippen molar-refractivity contribution in [3.05, 3.63) is 89.4 Å². The Morgan fingerprint density at radius 2 is 1.44 bits per heavy atom. The van der Waals surface area contributed by atoms with Crippen LogP contribution in [0.3, 0.4) is 0 Å². The van der Waals surface area contributed by atoms with Crippen molar-refractivity contribution in [3.8, 4) is 11.1 Å². The monoisotopic (exact) mass is 510 g/mol. The maximum absolute atomic E-state index is 12.5. The van der Waals surface area contributed by atoms with E-state index in [2.05, 4.69) is 16.3 Å². The first-order valence-corrected chi connectivity index (χ1v) is 11.8. The van der Waals surface area contributed by atoms with Gasteiger partial charge in [0.25, 0.3) is 0 Å². The fourth-order valence-electron chi connectivity index (χ4n) is 3.81. The number of hydrogen-bond donors (Lipinski definition) is 3. The summed E-state index contributed by atoms with van der Waals surface area (Å²) in [6.45, 7) is 2.58. The maximum Gasteiger partial charge on any atom is 0.414 e. The van der Waals surface area contributed by atoms with E-state index in [0.717, 1.165) is 59.9 Å². The van der Waals surface area contributed by atoms with Crippen LogP contribution in [0.4, 0.5) is 10.5 Å². The Morgan fingerprint density at radius 1 is 0.861 bits per heavy atom. The van der Waals surface area contributed by atoms with Gasteiger partial charge in [0, 0.05) is 30.2 Å². The highest BCUT2D eigenvalue weighted by atomic mass is 35.5. The van der Waals surface area contributed by atoms with E-state index >= 15 is 0 Å². The standard InChI is InChI=1S/C25H25ClN2O2.C2H2O4/c26-23-12-6-4-10-20(23)18-28-16-14-21(15-17-28)30-25(29)27-24-13-7-5-11-22(24)19-8-2-1-3-9-19;3-1(4)2(5)6/h1-13,21H,14-18H2,(H,27,29);(H,3,4)(H,5,6). The summed E-state index contributed by atoms with van der Waals surface area (Å²) in [5.41, 5.74) is 3.92. The van der Waals surface area contributed by atoms with Crippen molar-refractivity contribution in [2.24, 2.45) is 0 Å². The van der Waals surface area contributed by atoms with Gasteiger partial charge in [-0.15, -0.1) is 0 Å². The first-order valence-electron chi connectivity index (χ1n) is 11.4. The van der Waals surface area contributed by atoms with Gasteiger partial charge >= 0.3 is 18.0 Å². The molecule has 36 heavy (non-hydrogen) atoms. The van der Waals surface area contributed by atoms with Crippen LogP contribution in [0.25, 0.3) is 11.1 Å². The summed E-state index contributed by atoms with van der Waals surface area (Å²) in [7, 11) is 0. The van der Waals surface area contributed by atoms with Crippen LogP contribution in [0.2, 0.25) is 5.02 Å². The quantitative estimate of drug-likeness (QED) is 0.395. The predicted octanol–water partition coefficient (Wildman–Crippen LogP) is 5.38. The summed E-state index contributed by atoms with van der Waals surface area (Å²) < 4.78 is 5.71. The highest BCUT2D eigenvalue weighted by Crippen LogP contribution is 2.28. The molecule has 1 fully saturated rings. The molecule has 3 aromatic rings. The van der Waals surface area contributed by atoms with Gasteiger partial charge in [-0.25, -0.2) is 14.4 Å². The van der Waals surface area contributed by atoms with E-state index in [1.54, 1.807) is 0 Å². The topological polar surface area (TPSA) is 116 Å². The van der Waals surface area contributed by atoms with E-state index in [1.165, 1.54) is 0 Å². The van der Waals surface area contributed by atoms with E-state index in [9.17, 15) is 4.79 Å². The summed E-state index contributed by atoms with van der Waals surface area (Å²) in [5, 5.41) is 18.5. The zero-order valence-electron chi connectivity index (χ0n) is 19.5. The molecule has 1 amide bonds. The van der Waals surface area contributed by atoms with Crippen molar-refractivity contribution in [1.82, 2.24) is 4.90 Å². The van der Waals surface area contributed by atoms with Gasteiger partial charge in [0.1, 0.15) is 6.10 Å². The molecule has 9 heteroatoms. The van der Waals surface area contributed by atoms with Gasteiger partial charge in [0.05, 0.1) is 5.69 Å². The molecule has 3 N–H and O–H groups in total. The van der Waals surface area contributed by atoms with Gasteiger partial charge in [-0.2, -0.15) is 0 Å². The first-order chi connectivity index (χ1) is 17.3. The SMILES string of the molecule is O=C(Nc1ccccc1-c1ccccc1)OC1CCN(Cc2ccccc2Cl)CC1.O=C(O)C(=O)O. The summed E-state index contributed by atoms with van der Waals surface area (Å²) >= 11 is 6.27. The van der Waals surface area contributed by atoms with Crippen molar-refractivity contribution in [2.75, 3.05) is 18.4 Å². The average molecular weight is 511 g/mol. The van der Waals surface area contributed by atoms with E-state index in [1.807, 2.05) is 72.8 Å². The highest BCUT2D eigenvalue weighted by molar-refractivity contribution is 6.31. The van der Waals surface area contributed by atoms with E-state index < -0.39 is 18.0 Å². The maximum atomic E-state index is 12.5. The zero-order chi connectivity index (χ0) is 25.9. The molecule has 0 bridgehead atoms. The second-order valence-corrected chi connectivity index (χ2v) is 8.53. The summed E-state index contributed by atoms with van der Waals surface area (Å²) in [6, 6.07) is 25.7. The number of carboxylic acids is 2. The van der Waals surface area contributed by atoms with Crippen LogP contribution < -0.4 is 5.32 Å². The number of benzene rings is 3. The summed E-state index contributed by atoms with van der Waals surface area (Å²) in [5.74, 6) is -3.65. The third-order valence-electron chi connectivity index (χ3n) is 5.59. The minimum absolute atomic E-state index is 0.0728. The molecule has 1 saturated heterocycles. The van der Waals surface area contributed by atoms with Crippen LogP contribution in [0.1, 0.15) is 18.4 Å². The van der Waals surface area contributed by atoms with Crippen LogP contribution in [-0.2, 0) is 20.9 Å². The average Bonchev–Trinajstić information content (AvgIpc) is 2.88. The van der Waals surface area contributed by atoms with Crippen molar-refractivity contribution in [1.29, 1.82) is 0 Å². The molecule has 0 unspecified atom stereocenters. The number of carboxylic acid groups (broad SMARTS) is 2. The largest absolute Gasteiger partial charge is 0.473 e. The fourth-order valence-corrected chi connectivity index (χ4v) is 4.00. The normalized spacial score (nSPS) is 13.7. The lowest BCUT2D eigenvalue weighted by Crippen LogP contribution is -2.38. The number of nitrogens with zero attached hydrogens (tertiary/aromatic N) is 1. The number of piperidine rings is 1. The second kappa shape index (κ2) is 13.3. The molecule has 4 rings (SSSR count). The van der Waals surface area contributed by atoms with Crippen LogP contribution in [-0.4, -0.2) is 52.3 Å². The number of aliphatic carboxylic acids is 2. The Bertz CT molecular complexity index is 1170. The number of carbonyl (C=O) groups excluding carboxylic acids is 1. The summed E-state index contributed by atoms with van der Waals surface area (Å²) in [6.07, 6.45) is 1.16. The van der Waals surface area contributed by atoms with E-state index in [-0.39, 0.29) is 6.10 Å². The van der Waals surface area contributed by atoms with Gasteiger partial charge in [0.2, 0.25) is 0 Å². The number of anilines is 1. The molecule has 1 aliphatic heterocycles. The van der Waals surface area contributed by atoms with Crippen LogP contribution in [0.5, 0.6) is 0 Å². The zero-order valence-corrected chi connectivity index (χ0v) is 20.2. The number of likely N-dealkylation sites (tertiary alicyclic amines) is 1. The van der Waals surface area contributed by atoms with Crippen LogP contribution in [0, 0.1) is 0 Å². The molecule has 0 saturated carbocycles. The Balaban J connectivity index is 0.000000538. The first kappa shape index (κ1) is 26.7. The Labute approximate surface area is 214 Å². The van der Waals surface area contributed by atoms with Crippen molar-refractivity contribution in [3.63, 3.8) is 0 Å².